The molecule has 1 atom stereocenters. The Labute approximate surface area is 82.3 Å². The van der Waals surface area contributed by atoms with Crippen LogP contribution in [-0.2, 0) is 16.1 Å². The number of hydrogen-bond acceptors (Lipinski definition) is 4. The third-order valence-corrected chi connectivity index (χ3v) is 1.68. The van der Waals surface area contributed by atoms with Crippen LogP contribution in [0.15, 0.2) is 29.2 Å². The highest BCUT2D eigenvalue weighted by Crippen LogP contribution is 2.15. The van der Waals surface area contributed by atoms with Gasteiger partial charge >= 0.3 is 5.97 Å². The Bertz CT molecular complexity index is 330. The second-order valence-electron chi connectivity index (χ2n) is 2.85. The molecule has 0 saturated heterocycles. The molecule has 1 heterocycles. The number of nitrogens with two attached hydrogens (primary N) is 1. The summed E-state index contributed by atoms with van der Waals surface area (Å²) in [6.07, 6.45) is 1.58. The molecule has 0 aliphatic heterocycles. The summed E-state index contributed by atoms with van der Waals surface area (Å²) in [6.45, 7) is 5.03. The van der Waals surface area contributed by atoms with Crippen molar-refractivity contribution in [2.75, 3.05) is 0 Å². The van der Waals surface area contributed by atoms with Crippen molar-refractivity contribution in [2.45, 2.75) is 19.6 Å². The molecule has 0 aliphatic carbocycles. The molecule has 0 amide bonds. The molecule has 2 N–H and O–H groups in total. The van der Waals surface area contributed by atoms with E-state index in [4.69, 9.17) is 14.9 Å². The summed E-state index contributed by atoms with van der Waals surface area (Å²) < 4.78 is 10.1. The van der Waals surface area contributed by atoms with Gasteiger partial charge in [-0.05, 0) is 12.1 Å². The van der Waals surface area contributed by atoms with E-state index in [9.17, 15) is 4.79 Å². The van der Waals surface area contributed by atoms with E-state index in [2.05, 4.69) is 6.58 Å². The number of rotatable bonds is 4. The van der Waals surface area contributed by atoms with Crippen molar-refractivity contribution in [1.82, 2.24) is 0 Å². The summed E-state index contributed by atoms with van der Waals surface area (Å²) in [5, 5.41) is 0. The van der Waals surface area contributed by atoms with Gasteiger partial charge in [-0.1, -0.05) is 6.08 Å². The van der Waals surface area contributed by atoms with Crippen LogP contribution in [0.3, 0.4) is 0 Å². The molecule has 1 unspecified atom stereocenters. The van der Waals surface area contributed by atoms with E-state index in [0.717, 1.165) is 0 Å². The Balaban J connectivity index is 2.59. The largest absolute Gasteiger partial charge is 0.460 e. The molecule has 1 aromatic rings. The van der Waals surface area contributed by atoms with Crippen LogP contribution < -0.4 is 5.73 Å². The van der Waals surface area contributed by atoms with Crippen molar-refractivity contribution in [2.24, 2.45) is 5.73 Å². The molecular formula is C10H13NO3. The molecule has 4 nitrogen and oxygen atoms in total. The Morgan fingerprint density at radius 3 is 3.07 bits per heavy atom. The first-order chi connectivity index (χ1) is 6.63. The molecule has 76 valence electrons. The van der Waals surface area contributed by atoms with E-state index in [-0.39, 0.29) is 18.6 Å². The summed E-state index contributed by atoms with van der Waals surface area (Å²) in [4.78, 5) is 10.5. The molecule has 1 rings (SSSR count). The van der Waals surface area contributed by atoms with E-state index < -0.39 is 0 Å². The summed E-state index contributed by atoms with van der Waals surface area (Å²) in [6, 6.07) is 3.15. The van der Waals surface area contributed by atoms with Crippen LogP contribution in [-0.4, -0.2) is 5.97 Å². The van der Waals surface area contributed by atoms with Gasteiger partial charge in [0.15, 0.2) is 0 Å². The van der Waals surface area contributed by atoms with Crippen LogP contribution in [0.4, 0.5) is 0 Å². The van der Waals surface area contributed by atoms with E-state index in [0.29, 0.717) is 11.5 Å². The quantitative estimate of drug-likeness (QED) is 0.584. The fraction of sp³-hybridized carbons (Fsp3) is 0.300. The van der Waals surface area contributed by atoms with Gasteiger partial charge in [0.25, 0.3) is 0 Å². The molecule has 0 aromatic carbocycles. The van der Waals surface area contributed by atoms with Crippen LogP contribution in [0.1, 0.15) is 24.5 Å². The molecule has 4 heteroatoms. The molecule has 1 aromatic heterocycles. The molecule has 0 aliphatic rings. The van der Waals surface area contributed by atoms with Gasteiger partial charge in [0.1, 0.15) is 18.1 Å². The fourth-order valence-corrected chi connectivity index (χ4v) is 0.940. The fourth-order valence-electron chi connectivity index (χ4n) is 0.940. The van der Waals surface area contributed by atoms with Crippen LogP contribution in [0.25, 0.3) is 0 Å². The maximum Gasteiger partial charge on any atom is 0.303 e. The third-order valence-electron chi connectivity index (χ3n) is 1.68. The van der Waals surface area contributed by atoms with Crippen LogP contribution in [0.2, 0.25) is 0 Å². The van der Waals surface area contributed by atoms with Crippen molar-refractivity contribution in [3.63, 3.8) is 0 Å². The standard InChI is InChI=1S/C10H13NO3/c1-3-9(11)10-5-4-8(14-10)6-13-7(2)12/h3-5,9H,1,6,11H2,2H3. The minimum atomic E-state index is -0.337. The van der Waals surface area contributed by atoms with Gasteiger partial charge in [-0.2, -0.15) is 0 Å². The Morgan fingerprint density at radius 2 is 2.50 bits per heavy atom. The minimum absolute atomic E-state index is 0.138. The van der Waals surface area contributed by atoms with Crippen molar-refractivity contribution in [1.29, 1.82) is 0 Å². The Morgan fingerprint density at radius 1 is 1.79 bits per heavy atom. The molecule has 14 heavy (non-hydrogen) atoms. The molecule has 0 bridgehead atoms. The second kappa shape index (κ2) is 4.62. The SMILES string of the molecule is C=CC(N)c1ccc(COC(C)=O)o1. The number of furan rings is 1. The predicted octanol–water partition coefficient (Wildman–Crippen LogP) is 1.53. The average molecular weight is 195 g/mol. The van der Waals surface area contributed by atoms with Gasteiger partial charge in [-0.25, -0.2) is 0 Å². The summed E-state index contributed by atoms with van der Waals surface area (Å²) in [5.74, 6) is 0.852. The summed E-state index contributed by atoms with van der Waals surface area (Å²) >= 11 is 0. The maximum atomic E-state index is 10.5. The molecular weight excluding hydrogens is 182 g/mol. The highest BCUT2D eigenvalue weighted by Gasteiger charge is 2.07. The summed E-state index contributed by atoms with van der Waals surface area (Å²) in [5.41, 5.74) is 5.64. The van der Waals surface area contributed by atoms with Gasteiger partial charge in [0.2, 0.25) is 0 Å². The lowest BCUT2D eigenvalue weighted by Gasteiger charge is -2.01. The normalized spacial score (nSPS) is 12.1. The number of carbonyl (C=O) groups excluding carboxylic acids is 1. The topological polar surface area (TPSA) is 65.5 Å². The first-order valence-corrected chi connectivity index (χ1v) is 4.23. The lowest BCUT2D eigenvalue weighted by Crippen LogP contribution is -2.04. The summed E-state index contributed by atoms with van der Waals surface area (Å²) in [7, 11) is 0. The zero-order valence-electron chi connectivity index (χ0n) is 8.03. The van der Waals surface area contributed by atoms with Crippen molar-refractivity contribution in [3.8, 4) is 0 Å². The smallest absolute Gasteiger partial charge is 0.303 e. The van der Waals surface area contributed by atoms with E-state index in [1.165, 1.54) is 6.92 Å². The average Bonchev–Trinajstić information content (AvgIpc) is 2.62. The van der Waals surface area contributed by atoms with Gasteiger partial charge in [0, 0.05) is 6.92 Å². The highest BCUT2D eigenvalue weighted by molar-refractivity contribution is 5.65. The Hall–Kier alpha value is -1.55. The van der Waals surface area contributed by atoms with Gasteiger partial charge in [0.05, 0.1) is 6.04 Å². The molecule has 0 spiro atoms. The molecule has 0 radical (unpaired) electrons. The molecule has 0 fully saturated rings. The third kappa shape index (κ3) is 2.74. The number of hydrogen-bond donors (Lipinski definition) is 1. The zero-order valence-corrected chi connectivity index (χ0v) is 8.03. The number of carbonyl (C=O) groups is 1. The first-order valence-electron chi connectivity index (χ1n) is 4.23. The zero-order chi connectivity index (χ0) is 10.6. The highest BCUT2D eigenvalue weighted by atomic mass is 16.5. The Kier molecular flexibility index (Phi) is 3.48. The van der Waals surface area contributed by atoms with Crippen molar-refractivity contribution >= 4 is 5.97 Å². The first kappa shape index (κ1) is 10.5. The lowest BCUT2D eigenvalue weighted by molar-refractivity contribution is -0.142. The van der Waals surface area contributed by atoms with Crippen molar-refractivity contribution in [3.05, 3.63) is 36.3 Å². The second-order valence-corrected chi connectivity index (χ2v) is 2.85. The van der Waals surface area contributed by atoms with Gasteiger partial charge in [-0.3, -0.25) is 4.79 Å². The van der Waals surface area contributed by atoms with E-state index in [1.54, 1.807) is 18.2 Å². The minimum Gasteiger partial charge on any atom is -0.460 e. The number of esters is 1. The van der Waals surface area contributed by atoms with E-state index >= 15 is 0 Å². The number of ether oxygens (including phenoxy) is 1. The van der Waals surface area contributed by atoms with Gasteiger partial charge < -0.3 is 14.9 Å². The molecule has 0 saturated carbocycles. The maximum absolute atomic E-state index is 10.5. The lowest BCUT2D eigenvalue weighted by atomic mass is 10.2. The van der Waals surface area contributed by atoms with Gasteiger partial charge in [-0.15, -0.1) is 6.58 Å². The van der Waals surface area contributed by atoms with Crippen LogP contribution in [0.5, 0.6) is 0 Å². The predicted molar refractivity (Wildman–Crippen MR) is 51.3 cm³/mol. The van der Waals surface area contributed by atoms with Crippen LogP contribution >= 0.6 is 0 Å². The van der Waals surface area contributed by atoms with Crippen LogP contribution in [0, 0.1) is 0 Å². The van der Waals surface area contributed by atoms with E-state index in [1.807, 2.05) is 0 Å². The monoisotopic (exact) mass is 195 g/mol. The van der Waals surface area contributed by atoms with Crippen molar-refractivity contribution < 1.29 is 13.9 Å².